The fraction of sp³-hybridized carbons (Fsp3) is 0.533. The van der Waals surface area contributed by atoms with Crippen molar-refractivity contribution in [1.82, 2.24) is 5.32 Å². The minimum atomic E-state index is 0.101. The number of rotatable bonds is 7. The molecule has 0 aromatic heterocycles. The van der Waals surface area contributed by atoms with E-state index in [1.165, 1.54) is 12.8 Å². The monoisotopic (exact) mass is 259 g/mol. The van der Waals surface area contributed by atoms with Gasteiger partial charge in [-0.15, -0.1) is 0 Å². The molecule has 2 rings (SSSR count). The predicted molar refractivity (Wildman–Crippen MR) is 76.0 cm³/mol. The van der Waals surface area contributed by atoms with Gasteiger partial charge in [0.25, 0.3) is 0 Å². The van der Waals surface area contributed by atoms with Crippen molar-refractivity contribution < 1.29 is 5.11 Å². The highest BCUT2D eigenvalue weighted by molar-refractivity contribution is 5.60. The Hall–Kier alpha value is -1.57. The van der Waals surface area contributed by atoms with Crippen LogP contribution in [0.15, 0.2) is 18.2 Å². The molecule has 4 nitrogen and oxygen atoms in total. The first-order valence-corrected chi connectivity index (χ1v) is 6.90. The maximum atomic E-state index is 9.29. The third-order valence-corrected chi connectivity index (χ3v) is 3.45. The van der Waals surface area contributed by atoms with Gasteiger partial charge in [-0.2, -0.15) is 5.26 Å². The van der Waals surface area contributed by atoms with Crippen molar-refractivity contribution in [2.75, 3.05) is 24.6 Å². The number of hydrogen-bond donors (Lipinski definition) is 2. The number of aliphatic hydroxyl groups is 1. The second kappa shape index (κ2) is 6.55. The Balaban J connectivity index is 2.12. The summed E-state index contributed by atoms with van der Waals surface area (Å²) in [5.41, 5.74) is 2.74. The maximum absolute atomic E-state index is 9.29. The predicted octanol–water partition coefficient (Wildman–Crippen LogP) is 1.63. The average Bonchev–Trinajstić information content (AvgIpc) is 3.26. The molecule has 0 radical (unpaired) electrons. The lowest BCUT2D eigenvalue weighted by Gasteiger charge is -2.23. The minimum absolute atomic E-state index is 0.101. The van der Waals surface area contributed by atoms with Gasteiger partial charge in [0, 0.05) is 25.7 Å². The maximum Gasteiger partial charge on any atom is 0.101 e. The number of nitrogens with zero attached hydrogens (tertiary/aromatic N) is 2. The number of benzene rings is 1. The van der Waals surface area contributed by atoms with Crippen LogP contribution < -0.4 is 10.2 Å². The van der Waals surface area contributed by atoms with Crippen LogP contribution in [0.5, 0.6) is 0 Å². The van der Waals surface area contributed by atoms with Crippen LogP contribution in [0.3, 0.4) is 0 Å². The number of nitrogens with one attached hydrogen (secondary N) is 1. The number of hydrogen-bond acceptors (Lipinski definition) is 4. The normalized spacial score (nSPS) is 14.2. The first kappa shape index (κ1) is 13.9. The standard InChI is InChI=1S/C15H21N3O/c1-2-18(7-8-19)15-6-3-12(9-13(15)10-16)11-17-14-4-5-14/h3,6,9,14,17,19H,2,4-5,7-8,11H2,1H3. The molecular weight excluding hydrogens is 238 g/mol. The zero-order chi connectivity index (χ0) is 13.7. The summed E-state index contributed by atoms with van der Waals surface area (Å²) in [6.07, 6.45) is 2.53. The van der Waals surface area contributed by atoms with Crippen LogP contribution in [0, 0.1) is 11.3 Å². The van der Waals surface area contributed by atoms with Gasteiger partial charge in [-0.1, -0.05) is 6.07 Å². The van der Waals surface area contributed by atoms with E-state index >= 15 is 0 Å². The third kappa shape index (κ3) is 3.69. The van der Waals surface area contributed by atoms with Crippen molar-refractivity contribution in [2.24, 2.45) is 0 Å². The van der Waals surface area contributed by atoms with Crippen LogP contribution >= 0.6 is 0 Å². The smallest absolute Gasteiger partial charge is 0.101 e. The quantitative estimate of drug-likeness (QED) is 0.781. The minimum Gasteiger partial charge on any atom is -0.395 e. The highest BCUT2D eigenvalue weighted by Gasteiger charge is 2.20. The Bertz CT molecular complexity index is 463. The van der Waals surface area contributed by atoms with Crippen LogP contribution in [0.25, 0.3) is 0 Å². The van der Waals surface area contributed by atoms with Gasteiger partial charge in [0.1, 0.15) is 6.07 Å². The van der Waals surface area contributed by atoms with Gasteiger partial charge >= 0.3 is 0 Å². The summed E-state index contributed by atoms with van der Waals surface area (Å²) in [6, 6.07) is 8.93. The number of likely N-dealkylation sites (N-methyl/N-ethyl adjacent to an activating group) is 1. The number of nitriles is 1. The second-order valence-electron chi connectivity index (χ2n) is 4.92. The van der Waals surface area contributed by atoms with E-state index in [9.17, 15) is 5.26 Å². The van der Waals surface area contributed by atoms with Gasteiger partial charge in [0.05, 0.1) is 17.9 Å². The Morgan fingerprint density at radius 1 is 1.47 bits per heavy atom. The van der Waals surface area contributed by atoms with E-state index in [1.54, 1.807) is 0 Å². The molecule has 1 aromatic carbocycles. The molecule has 1 aliphatic carbocycles. The van der Waals surface area contributed by atoms with Crippen molar-refractivity contribution in [2.45, 2.75) is 32.4 Å². The molecule has 1 aliphatic rings. The Morgan fingerprint density at radius 2 is 2.26 bits per heavy atom. The van der Waals surface area contributed by atoms with E-state index in [1.807, 2.05) is 24.0 Å². The molecule has 1 fully saturated rings. The van der Waals surface area contributed by atoms with E-state index in [2.05, 4.69) is 17.5 Å². The van der Waals surface area contributed by atoms with Crippen molar-refractivity contribution in [3.05, 3.63) is 29.3 Å². The van der Waals surface area contributed by atoms with Gasteiger partial charge < -0.3 is 15.3 Å². The summed E-state index contributed by atoms with van der Waals surface area (Å²) in [5.74, 6) is 0. The van der Waals surface area contributed by atoms with E-state index in [4.69, 9.17) is 5.11 Å². The molecule has 0 aliphatic heterocycles. The van der Waals surface area contributed by atoms with Crippen molar-refractivity contribution >= 4 is 5.69 Å². The summed E-state index contributed by atoms with van der Waals surface area (Å²) >= 11 is 0. The molecule has 19 heavy (non-hydrogen) atoms. The van der Waals surface area contributed by atoms with Crippen LogP contribution in [0.1, 0.15) is 30.9 Å². The Morgan fingerprint density at radius 3 is 2.84 bits per heavy atom. The SMILES string of the molecule is CCN(CCO)c1ccc(CNC2CC2)cc1C#N. The van der Waals surface area contributed by atoms with Crippen LogP contribution in [-0.2, 0) is 6.54 Å². The van der Waals surface area contributed by atoms with Crippen molar-refractivity contribution in [3.63, 3.8) is 0 Å². The summed E-state index contributed by atoms with van der Waals surface area (Å²) in [6.45, 7) is 4.30. The fourth-order valence-electron chi connectivity index (χ4n) is 2.18. The van der Waals surface area contributed by atoms with Crippen LogP contribution in [0.2, 0.25) is 0 Å². The third-order valence-electron chi connectivity index (χ3n) is 3.45. The number of aliphatic hydroxyl groups excluding tert-OH is 1. The molecule has 102 valence electrons. The van der Waals surface area contributed by atoms with E-state index in [0.717, 1.165) is 24.3 Å². The summed E-state index contributed by atoms with van der Waals surface area (Å²) in [5, 5.41) is 21.8. The number of anilines is 1. The van der Waals surface area contributed by atoms with E-state index < -0.39 is 0 Å². The Kier molecular flexibility index (Phi) is 4.78. The highest BCUT2D eigenvalue weighted by atomic mass is 16.3. The first-order chi connectivity index (χ1) is 9.28. The molecule has 0 heterocycles. The summed E-state index contributed by atoms with van der Waals surface area (Å²) in [4.78, 5) is 2.02. The molecule has 1 aromatic rings. The molecule has 0 saturated heterocycles. The zero-order valence-electron chi connectivity index (χ0n) is 11.4. The van der Waals surface area contributed by atoms with Gasteiger partial charge in [0.2, 0.25) is 0 Å². The van der Waals surface area contributed by atoms with Crippen LogP contribution in [-0.4, -0.2) is 30.8 Å². The summed E-state index contributed by atoms with van der Waals surface area (Å²) < 4.78 is 0. The molecule has 0 amide bonds. The van der Waals surface area contributed by atoms with Gasteiger partial charge in [0.15, 0.2) is 0 Å². The lowest BCUT2D eigenvalue weighted by molar-refractivity contribution is 0.302. The molecule has 0 atom stereocenters. The fourth-order valence-corrected chi connectivity index (χ4v) is 2.18. The van der Waals surface area contributed by atoms with Crippen molar-refractivity contribution in [1.29, 1.82) is 5.26 Å². The average molecular weight is 259 g/mol. The first-order valence-electron chi connectivity index (χ1n) is 6.90. The molecule has 4 heteroatoms. The lowest BCUT2D eigenvalue weighted by Crippen LogP contribution is -2.27. The van der Waals surface area contributed by atoms with E-state index in [-0.39, 0.29) is 6.61 Å². The molecule has 0 unspecified atom stereocenters. The Labute approximate surface area is 114 Å². The lowest BCUT2D eigenvalue weighted by atomic mass is 10.1. The van der Waals surface area contributed by atoms with Crippen LogP contribution in [0.4, 0.5) is 5.69 Å². The topological polar surface area (TPSA) is 59.3 Å². The zero-order valence-corrected chi connectivity index (χ0v) is 11.4. The highest BCUT2D eigenvalue weighted by Crippen LogP contribution is 2.23. The van der Waals surface area contributed by atoms with E-state index in [0.29, 0.717) is 18.2 Å². The molecule has 0 spiro atoms. The molecule has 1 saturated carbocycles. The summed E-state index contributed by atoms with van der Waals surface area (Å²) in [7, 11) is 0. The largest absolute Gasteiger partial charge is 0.395 e. The van der Waals surface area contributed by atoms with Gasteiger partial charge in [-0.3, -0.25) is 0 Å². The second-order valence-corrected chi connectivity index (χ2v) is 4.92. The van der Waals surface area contributed by atoms with Gasteiger partial charge in [-0.25, -0.2) is 0 Å². The molecule has 0 bridgehead atoms. The van der Waals surface area contributed by atoms with Gasteiger partial charge in [-0.05, 0) is 37.5 Å². The molecule has 2 N–H and O–H groups in total. The molecular formula is C15H21N3O. The van der Waals surface area contributed by atoms with Crippen molar-refractivity contribution in [3.8, 4) is 6.07 Å².